The molecule has 2 aliphatic rings. The van der Waals surface area contributed by atoms with E-state index in [0.717, 1.165) is 30.5 Å². The Labute approximate surface area is 194 Å². The van der Waals surface area contributed by atoms with E-state index in [-0.39, 0.29) is 19.0 Å². The number of anilines is 1. The van der Waals surface area contributed by atoms with Crippen LogP contribution in [0.2, 0.25) is 0 Å². The lowest BCUT2D eigenvalue weighted by atomic mass is 10.1. The van der Waals surface area contributed by atoms with Gasteiger partial charge in [0.05, 0.1) is 13.2 Å². The number of hydrogen-bond donors (Lipinski definition) is 0. The molecule has 2 aromatic rings. The normalized spacial score (nSPS) is 18.4. The highest BCUT2D eigenvalue weighted by atomic mass is 19.1. The quantitative estimate of drug-likeness (QED) is 0.549. The van der Waals surface area contributed by atoms with E-state index in [1.807, 2.05) is 29.2 Å². The third-order valence-corrected chi connectivity index (χ3v) is 6.44. The van der Waals surface area contributed by atoms with Crippen LogP contribution in [0.5, 0.6) is 5.75 Å². The predicted molar refractivity (Wildman–Crippen MR) is 125 cm³/mol. The first-order chi connectivity index (χ1) is 16.1. The lowest BCUT2D eigenvalue weighted by Gasteiger charge is -2.34. The molecular formula is C26H33F2N3O2. The second kappa shape index (κ2) is 11.6. The maximum Gasteiger partial charge on any atom is 0.241 e. The number of rotatable bonds is 8. The maximum atomic E-state index is 13.9. The summed E-state index contributed by atoms with van der Waals surface area (Å²) in [4.78, 5) is 18.9. The van der Waals surface area contributed by atoms with Crippen LogP contribution in [0.4, 0.5) is 14.5 Å². The second-order valence-electron chi connectivity index (χ2n) is 8.94. The molecule has 2 heterocycles. The van der Waals surface area contributed by atoms with Crippen molar-refractivity contribution < 1.29 is 18.3 Å². The van der Waals surface area contributed by atoms with E-state index in [4.69, 9.17) is 4.74 Å². The molecule has 2 saturated heterocycles. The van der Waals surface area contributed by atoms with Crippen molar-refractivity contribution in [2.24, 2.45) is 0 Å². The fraction of sp³-hybridized carbons (Fsp3) is 0.500. The minimum atomic E-state index is -0.595. The molecule has 0 spiro atoms. The van der Waals surface area contributed by atoms with Gasteiger partial charge in [-0.25, -0.2) is 8.78 Å². The van der Waals surface area contributed by atoms with Gasteiger partial charge in [0.25, 0.3) is 0 Å². The Balaban J connectivity index is 1.22. The van der Waals surface area contributed by atoms with Gasteiger partial charge in [-0.3, -0.25) is 9.69 Å². The van der Waals surface area contributed by atoms with E-state index < -0.39 is 11.6 Å². The first-order valence-electron chi connectivity index (χ1n) is 12.0. The number of nitrogens with zero attached hydrogens (tertiary/aromatic N) is 3. The summed E-state index contributed by atoms with van der Waals surface area (Å²) in [6, 6.07) is 11.2. The Morgan fingerprint density at radius 3 is 2.30 bits per heavy atom. The van der Waals surface area contributed by atoms with Crippen molar-refractivity contribution in [3.63, 3.8) is 0 Å². The largest absolute Gasteiger partial charge is 0.494 e. The van der Waals surface area contributed by atoms with Gasteiger partial charge in [0.2, 0.25) is 5.91 Å². The summed E-state index contributed by atoms with van der Waals surface area (Å²) in [6.45, 7) is 5.81. The summed E-state index contributed by atoms with van der Waals surface area (Å²) >= 11 is 0. The van der Waals surface area contributed by atoms with Crippen molar-refractivity contribution in [2.75, 3.05) is 50.8 Å². The second-order valence-corrected chi connectivity index (χ2v) is 8.94. The number of ether oxygens (including phenoxy) is 1. The number of likely N-dealkylation sites (tertiary alicyclic amines) is 1. The lowest BCUT2D eigenvalue weighted by molar-refractivity contribution is -0.121. The van der Waals surface area contributed by atoms with Crippen LogP contribution in [0.1, 0.15) is 37.7 Å². The molecule has 5 nitrogen and oxygen atoms in total. The molecule has 2 aromatic carbocycles. The monoisotopic (exact) mass is 457 g/mol. The summed E-state index contributed by atoms with van der Waals surface area (Å²) in [6.07, 6.45) is 6.32. The SMILES string of the molecule is O=C1CN(Cc2ccc(F)cc2F)CCN1c1ccc(OCCCN2CCCCCC2)cc1. The Morgan fingerprint density at radius 1 is 0.848 bits per heavy atom. The highest BCUT2D eigenvalue weighted by molar-refractivity contribution is 5.95. The molecule has 178 valence electrons. The van der Waals surface area contributed by atoms with Gasteiger partial charge >= 0.3 is 0 Å². The minimum absolute atomic E-state index is 0.0325. The highest BCUT2D eigenvalue weighted by Crippen LogP contribution is 2.22. The average Bonchev–Trinajstić information content (AvgIpc) is 3.08. The molecule has 0 bridgehead atoms. The van der Waals surface area contributed by atoms with E-state index in [2.05, 4.69) is 4.90 Å². The molecule has 4 rings (SSSR count). The van der Waals surface area contributed by atoms with Gasteiger partial charge in [-0.2, -0.15) is 0 Å². The van der Waals surface area contributed by atoms with E-state index >= 15 is 0 Å². The molecule has 33 heavy (non-hydrogen) atoms. The van der Waals surface area contributed by atoms with Crippen molar-refractivity contribution in [2.45, 2.75) is 38.6 Å². The zero-order chi connectivity index (χ0) is 23.0. The van der Waals surface area contributed by atoms with Crippen molar-refractivity contribution in [1.29, 1.82) is 0 Å². The Kier molecular flexibility index (Phi) is 8.29. The van der Waals surface area contributed by atoms with Gasteiger partial charge in [0.1, 0.15) is 17.4 Å². The zero-order valence-corrected chi connectivity index (χ0v) is 19.1. The zero-order valence-electron chi connectivity index (χ0n) is 19.1. The van der Waals surface area contributed by atoms with Gasteiger partial charge < -0.3 is 14.5 Å². The van der Waals surface area contributed by atoms with Crippen LogP contribution in [-0.4, -0.2) is 61.6 Å². The minimum Gasteiger partial charge on any atom is -0.494 e. The number of carbonyl (C=O) groups excluding carboxylic acids is 1. The van der Waals surface area contributed by atoms with Crippen LogP contribution >= 0.6 is 0 Å². The third-order valence-electron chi connectivity index (χ3n) is 6.44. The summed E-state index contributed by atoms with van der Waals surface area (Å²) < 4.78 is 32.9. The summed E-state index contributed by atoms with van der Waals surface area (Å²) in [5.41, 5.74) is 1.24. The van der Waals surface area contributed by atoms with Crippen LogP contribution in [0, 0.1) is 11.6 Å². The number of hydrogen-bond acceptors (Lipinski definition) is 4. The van der Waals surface area contributed by atoms with E-state index in [0.29, 0.717) is 25.3 Å². The molecule has 0 atom stereocenters. The van der Waals surface area contributed by atoms with Gasteiger partial charge in [0.15, 0.2) is 0 Å². The molecule has 7 heteroatoms. The average molecular weight is 458 g/mol. The smallest absolute Gasteiger partial charge is 0.241 e. The number of benzene rings is 2. The molecule has 0 aliphatic carbocycles. The maximum absolute atomic E-state index is 13.9. The first kappa shape index (κ1) is 23.6. The molecule has 0 unspecified atom stereocenters. The van der Waals surface area contributed by atoms with E-state index in [1.54, 1.807) is 4.90 Å². The number of piperazine rings is 1. The number of amides is 1. The Morgan fingerprint density at radius 2 is 1.61 bits per heavy atom. The Hall–Kier alpha value is -2.51. The van der Waals surface area contributed by atoms with Crippen LogP contribution in [0.15, 0.2) is 42.5 Å². The molecule has 2 fully saturated rings. The molecule has 1 amide bonds. The summed E-state index contributed by atoms with van der Waals surface area (Å²) in [7, 11) is 0. The fourth-order valence-corrected chi connectivity index (χ4v) is 4.58. The molecule has 0 radical (unpaired) electrons. The van der Waals surface area contributed by atoms with Gasteiger partial charge in [-0.05, 0) is 62.7 Å². The Bertz CT molecular complexity index is 914. The summed E-state index contributed by atoms with van der Waals surface area (Å²) in [5.74, 6) is -0.392. The van der Waals surface area contributed by atoms with Crippen molar-refractivity contribution in [3.05, 3.63) is 59.7 Å². The lowest BCUT2D eigenvalue weighted by Crippen LogP contribution is -2.50. The fourth-order valence-electron chi connectivity index (χ4n) is 4.58. The van der Waals surface area contributed by atoms with Crippen LogP contribution in [0.3, 0.4) is 0 Å². The van der Waals surface area contributed by atoms with Crippen molar-refractivity contribution >= 4 is 11.6 Å². The van der Waals surface area contributed by atoms with Crippen LogP contribution < -0.4 is 9.64 Å². The van der Waals surface area contributed by atoms with E-state index in [1.165, 1.54) is 50.9 Å². The van der Waals surface area contributed by atoms with Crippen molar-refractivity contribution in [3.8, 4) is 5.75 Å². The molecule has 0 saturated carbocycles. The number of halogens is 2. The van der Waals surface area contributed by atoms with Crippen LogP contribution in [-0.2, 0) is 11.3 Å². The predicted octanol–water partition coefficient (Wildman–Crippen LogP) is 4.46. The summed E-state index contributed by atoms with van der Waals surface area (Å²) in [5, 5.41) is 0. The molecular weight excluding hydrogens is 424 g/mol. The molecule has 2 aliphatic heterocycles. The van der Waals surface area contributed by atoms with Crippen LogP contribution in [0.25, 0.3) is 0 Å². The van der Waals surface area contributed by atoms with Gasteiger partial charge in [-0.15, -0.1) is 0 Å². The van der Waals surface area contributed by atoms with Gasteiger partial charge in [-0.1, -0.05) is 18.9 Å². The third kappa shape index (κ3) is 6.74. The highest BCUT2D eigenvalue weighted by Gasteiger charge is 2.25. The molecule has 0 aromatic heterocycles. The standard InChI is InChI=1S/C26H33F2N3O2/c27-22-7-6-21(25(28)18-22)19-30-15-16-31(26(32)20-30)23-8-10-24(11-9-23)33-17-5-14-29-12-3-1-2-4-13-29/h6-11,18H,1-5,12-17,19-20H2. The van der Waals surface area contributed by atoms with E-state index in [9.17, 15) is 13.6 Å². The first-order valence-corrected chi connectivity index (χ1v) is 12.0. The topological polar surface area (TPSA) is 36.0 Å². The van der Waals surface area contributed by atoms with Gasteiger partial charge in [0, 0.05) is 43.5 Å². The number of carbonyl (C=O) groups is 1. The van der Waals surface area contributed by atoms with Crippen molar-refractivity contribution in [1.82, 2.24) is 9.80 Å². The molecule has 0 N–H and O–H groups in total.